The number of rotatable bonds is 2. The van der Waals surface area contributed by atoms with Crippen molar-refractivity contribution >= 4 is 22.9 Å². The van der Waals surface area contributed by atoms with Gasteiger partial charge in [0.25, 0.3) is 0 Å². The van der Waals surface area contributed by atoms with Crippen LogP contribution in [0.25, 0.3) is 0 Å². The number of benzene rings is 1. The van der Waals surface area contributed by atoms with Gasteiger partial charge in [-0.05, 0) is 24.6 Å². The molecule has 1 unspecified atom stereocenters. The maximum absolute atomic E-state index is 13.1. The molecule has 1 saturated heterocycles. The van der Waals surface area contributed by atoms with E-state index >= 15 is 0 Å². The van der Waals surface area contributed by atoms with Gasteiger partial charge in [0.05, 0.1) is 6.10 Å². The van der Waals surface area contributed by atoms with E-state index < -0.39 is 0 Å². The quantitative estimate of drug-likeness (QED) is 0.758. The Kier molecular flexibility index (Phi) is 3.07. The van der Waals surface area contributed by atoms with Gasteiger partial charge in [0, 0.05) is 24.3 Å². The Hall–Kier alpha value is -1.20. The van der Waals surface area contributed by atoms with Gasteiger partial charge in [0.2, 0.25) is 0 Å². The van der Waals surface area contributed by atoms with Crippen LogP contribution in [0.1, 0.15) is 12.0 Å². The Labute approximate surface area is 98.7 Å². The van der Waals surface area contributed by atoms with Gasteiger partial charge in [-0.3, -0.25) is 0 Å². The molecular formula is C11H13FN2OS. The number of β-amino-alcohol motifs (C(OH)–C–C–N with tert-alkyl or cyclic N) is 1. The van der Waals surface area contributed by atoms with Crippen LogP contribution in [0, 0.1) is 5.82 Å². The standard InChI is InChI=1S/C11H13FN2OS/c12-7-1-2-10(9(5-7)11(13)16)14-4-3-8(15)6-14/h1-2,5,8,15H,3-4,6H2,(H2,13,16). The molecule has 16 heavy (non-hydrogen) atoms. The summed E-state index contributed by atoms with van der Waals surface area (Å²) >= 11 is 4.90. The Morgan fingerprint density at radius 2 is 2.31 bits per heavy atom. The molecule has 0 radical (unpaired) electrons. The molecule has 1 aromatic carbocycles. The highest BCUT2D eigenvalue weighted by atomic mass is 32.1. The number of thiocarbonyl (C=S) groups is 1. The molecule has 5 heteroatoms. The summed E-state index contributed by atoms with van der Waals surface area (Å²) in [7, 11) is 0. The average molecular weight is 240 g/mol. The fourth-order valence-electron chi connectivity index (χ4n) is 1.94. The second kappa shape index (κ2) is 4.35. The highest BCUT2D eigenvalue weighted by Crippen LogP contribution is 2.25. The van der Waals surface area contributed by atoms with Crippen molar-refractivity contribution in [2.75, 3.05) is 18.0 Å². The van der Waals surface area contributed by atoms with Crippen LogP contribution in [0.15, 0.2) is 18.2 Å². The van der Waals surface area contributed by atoms with Gasteiger partial charge in [-0.2, -0.15) is 0 Å². The van der Waals surface area contributed by atoms with E-state index in [1.165, 1.54) is 12.1 Å². The molecule has 1 aliphatic heterocycles. The maximum Gasteiger partial charge on any atom is 0.124 e. The number of hydrogen-bond donors (Lipinski definition) is 2. The third-order valence-corrected chi connectivity index (χ3v) is 2.95. The van der Waals surface area contributed by atoms with Crippen LogP contribution >= 0.6 is 12.2 Å². The molecule has 1 atom stereocenters. The van der Waals surface area contributed by atoms with Crippen LogP contribution in [0.4, 0.5) is 10.1 Å². The van der Waals surface area contributed by atoms with Crippen molar-refractivity contribution in [2.24, 2.45) is 5.73 Å². The molecule has 0 aromatic heterocycles. The minimum absolute atomic E-state index is 0.177. The number of aliphatic hydroxyl groups is 1. The van der Waals surface area contributed by atoms with Crippen molar-refractivity contribution in [3.05, 3.63) is 29.6 Å². The maximum atomic E-state index is 13.1. The molecule has 3 N–H and O–H groups in total. The lowest BCUT2D eigenvalue weighted by atomic mass is 10.1. The number of aliphatic hydroxyl groups excluding tert-OH is 1. The predicted octanol–water partition coefficient (Wildman–Crippen LogP) is 1.03. The summed E-state index contributed by atoms with van der Waals surface area (Å²) in [5.74, 6) is -0.355. The van der Waals surface area contributed by atoms with E-state index in [-0.39, 0.29) is 16.9 Å². The zero-order valence-corrected chi connectivity index (χ0v) is 9.51. The van der Waals surface area contributed by atoms with Crippen molar-refractivity contribution in [1.82, 2.24) is 0 Å². The summed E-state index contributed by atoms with van der Waals surface area (Å²) < 4.78 is 13.1. The average Bonchev–Trinajstić information content (AvgIpc) is 2.64. The summed E-state index contributed by atoms with van der Waals surface area (Å²) in [4.78, 5) is 2.15. The summed E-state index contributed by atoms with van der Waals surface area (Å²) in [5.41, 5.74) is 6.89. The van der Waals surface area contributed by atoms with Gasteiger partial charge in [0.15, 0.2) is 0 Å². The highest BCUT2D eigenvalue weighted by Gasteiger charge is 2.23. The van der Waals surface area contributed by atoms with E-state index in [2.05, 4.69) is 0 Å². The summed E-state index contributed by atoms with van der Waals surface area (Å²) in [5, 5.41) is 9.47. The second-order valence-electron chi connectivity index (χ2n) is 3.91. The lowest BCUT2D eigenvalue weighted by molar-refractivity contribution is 0.198. The van der Waals surface area contributed by atoms with Crippen LogP contribution in [0.2, 0.25) is 0 Å². The fraction of sp³-hybridized carbons (Fsp3) is 0.364. The van der Waals surface area contributed by atoms with Gasteiger partial charge in [-0.25, -0.2) is 4.39 Å². The van der Waals surface area contributed by atoms with E-state index in [1.54, 1.807) is 6.07 Å². The molecule has 1 aromatic rings. The normalized spacial score (nSPS) is 20.1. The molecule has 0 spiro atoms. The number of halogens is 1. The van der Waals surface area contributed by atoms with E-state index in [1.807, 2.05) is 4.90 Å². The molecular weight excluding hydrogens is 227 g/mol. The van der Waals surface area contributed by atoms with Crippen LogP contribution in [-0.2, 0) is 0 Å². The summed E-state index contributed by atoms with van der Waals surface area (Å²) in [6.07, 6.45) is 0.387. The minimum Gasteiger partial charge on any atom is -0.391 e. The lowest BCUT2D eigenvalue weighted by Crippen LogP contribution is -2.24. The smallest absolute Gasteiger partial charge is 0.124 e. The van der Waals surface area contributed by atoms with Crippen molar-refractivity contribution < 1.29 is 9.50 Å². The van der Waals surface area contributed by atoms with Gasteiger partial charge < -0.3 is 15.7 Å². The first-order valence-corrected chi connectivity index (χ1v) is 5.51. The van der Waals surface area contributed by atoms with Gasteiger partial charge in [-0.15, -0.1) is 0 Å². The second-order valence-corrected chi connectivity index (χ2v) is 4.35. The van der Waals surface area contributed by atoms with E-state index in [0.29, 0.717) is 18.5 Å². The topological polar surface area (TPSA) is 49.5 Å². The number of hydrogen-bond acceptors (Lipinski definition) is 3. The van der Waals surface area contributed by atoms with E-state index in [4.69, 9.17) is 18.0 Å². The van der Waals surface area contributed by atoms with Crippen molar-refractivity contribution in [3.8, 4) is 0 Å². The molecule has 86 valence electrons. The van der Waals surface area contributed by atoms with Crippen molar-refractivity contribution in [1.29, 1.82) is 0 Å². The van der Waals surface area contributed by atoms with Crippen LogP contribution < -0.4 is 10.6 Å². The monoisotopic (exact) mass is 240 g/mol. The number of nitrogens with zero attached hydrogens (tertiary/aromatic N) is 1. The Morgan fingerprint density at radius 1 is 1.56 bits per heavy atom. The largest absolute Gasteiger partial charge is 0.391 e. The zero-order valence-electron chi connectivity index (χ0n) is 8.69. The van der Waals surface area contributed by atoms with Gasteiger partial charge in [0.1, 0.15) is 10.8 Å². The van der Waals surface area contributed by atoms with E-state index in [0.717, 1.165) is 12.2 Å². The van der Waals surface area contributed by atoms with Crippen molar-refractivity contribution in [2.45, 2.75) is 12.5 Å². The molecule has 1 heterocycles. The molecule has 2 rings (SSSR count). The SMILES string of the molecule is NC(=S)c1cc(F)ccc1N1CCC(O)C1. The molecule has 1 aliphatic rings. The van der Waals surface area contributed by atoms with Crippen LogP contribution in [0.3, 0.4) is 0 Å². The zero-order chi connectivity index (χ0) is 11.7. The molecule has 0 saturated carbocycles. The molecule has 0 amide bonds. The van der Waals surface area contributed by atoms with Crippen molar-refractivity contribution in [3.63, 3.8) is 0 Å². The summed E-state index contributed by atoms with van der Waals surface area (Å²) in [6, 6.07) is 4.37. The predicted molar refractivity (Wildman–Crippen MR) is 65.1 cm³/mol. The Balaban J connectivity index is 2.36. The molecule has 0 aliphatic carbocycles. The van der Waals surface area contributed by atoms with E-state index in [9.17, 15) is 9.50 Å². The first-order chi connectivity index (χ1) is 7.58. The first-order valence-electron chi connectivity index (χ1n) is 5.10. The Bertz CT molecular complexity index is 424. The highest BCUT2D eigenvalue weighted by molar-refractivity contribution is 7.80. The molecule has 1 fully saturated rings. The number of anilines is 1. The molecule has 0 bridgehead atoms. The van der Waals surface area contributed by atoms with Crippen LogP contribution in [-0.4, -0.2) is 29.3 Å². The third-order valence-electron chi connectivity index (χ3n) is 2.73. The molecule has 3 nitrogen and oxygen atoms in total. The minimum atomic E-state index is -0.355. The fourth-order valence-corrected chi connectivity index (χ4v) is 2.11. The Morgan fingerprint density at radius 3 is 2.88 bits per heavy atom. The number of nitrogens with two attached hydrogens (primary N) is 1. The first kappa shape index (κ1) is 11.3. The summed E-state index contributed by atoms with van der Waals surface area (Å²) in [6.45, 7) is 1.28. The van der Waals surface area contributed by atoms with Gasteiger partial charge in [-0.1, -0.05) is 12.2 Å². The van der Waals surface area contributed by atoms with Gasteiger partial charge >= 0.3 is 0 Å². The van der Waals surface area contributed by atoms with Crippen LogP contribution in [0.5, 0.6) is 0 Å². The third kappa shape index (κ3) is 2.15. The lowest BCUT2D eigenvalue weighted by Gasteiger charge is -2.21.